The summed E-state index contributed by atoms with van der Waals surface area (Å²) in [6.07, 6.45) is 0. The first kappa shape index (κ1) is 21.8. The standard InChI is InChI=1S/C16H25ClN2O3.ClH/c1-10(2)9-22-15-13(17)5-12(6-14(15)21-4)16(20)19-8-11(3)7-18;/h5-6,10-11H,7-9,18H2,1-4H3,(H,19,20);1H. The van der Waals surface area contributed by atoms with E-state index in [4.69, 9.17) is 26.8 Å². The van der Waals surface area contributed by atoms with Crippen molar-refractivity contribution in [3.63, 3.8) is 0 Å². The molecular weight excluding hydrogens is 339 g/mol. The lowest BCUT2D eigenvalue weighted by Gasteiger charge is -2.16. The molecule has 1 unspecified atom stereocenters. The zero-order valence-electron chi connectivity index (χ0n) is 14.0. The number of benzene rings is 1. The zero-order valence-corrected chi connectivity index (χ0v) is 15.6. The summed E-state index contributed by atoms with van der Waals surface area (Å²) in [4.78, 5) is 12.2. The first-order chi connectivity index (χ1) is 10.4. The molecule has 0 aliphatic rings. The van der Waals surface area contributed by atoms with E-state index in [9.17, 15) is 4.79 Å². The predicted octanol–water partition coefficient (Wildman–Crippen LogP) is 3.13. The van der Waals surface area contributed by atoms with Crippen LogP contribution in [0.25, 0.3) is 0 Å². The Labute approximate surface area is 149 Å². The smallest absolute Gasteiger partial charge is 0.251 e. The monoisotopic (exact) mass is 364 g/mol. The topological polar surface area (TPSA) is 73.6 Å². The maximum absolute atomic E-state index is 12.2. The third kappa shape index (κ3) is 6.85. The molecule has 0 saturated heterocycles. The number of halogens is 2. The molecule has 0 saturated carbocycles. The minimum Gasteiger partial charge on any atom is -0.493 e. The number of hydrogen-bond donors (Lipinski definition) is 2. The fraction of sp³-hybridized carbons (Fsp3) is 0.562. The van der Waals surface area contributed by atoms with Crippen LogP contribution in [-0.2, 0) is 0 Å². The number of nitrogens with two attached hydrogens (primary N) is 1. The van der Waals surface area contributed by atoms with Gasteiger partial charge in [-0.3, -0.25) is 4.79 Å². The van der Waals surface area contributed by atoms with Gasteiger partial charge in [0.25, 0.3) is 5.91 Å². The second-order valence-corrected chi connectivity index (χ2v) is 6.15. The summed E-state index contributed by atoms with van der Waals surface area (Å²) in [7, 11) is 1.52. The minimum absolute atomic E-state index is 0. The van der Waals surface area contributed by atoms with Gasteiger partial charge in [0.15, 0.2) is 11.5 Å². The van der Waals surface area contributed by atoms with Gasteiger partial charge >= 0.3 is 0 Å². The van der Waals surface area contributed by atoms with Gasteiger partial charge in [0.05, 0.1) is 18.7 Å². The van der Waals surface area contributed by atoms with Crippen LogP contribution in [0.1, 0.15) is 31.1 Å². The summed E-state index contributed by atoms with van der Waals surface area (Å²) < 4.78 is 11.0. The second kappa shape index (κ2) is 10.6. The van der Waals surface area contributed by atoms with E-state index < -0.39 is 0 Å². The summed E-state index contributed by atoms with van der Waals surface area (Å²) in [6, 6.07) is 3.21. The molecule has 1 aromatic rings. The quantitative estimate of drug-likeness (QED) is 0.742. The van der Waals surface area contributed by atoms with Crippen molar-refractivity contribution < 1.29 is 14.3 Å². The van der Waals surface area contributed by atoms with Crippen molar-refractivity contribution in [2.45, 2.75) is 20.8 Å². The first-order valence-electron chi connectivity index (χ1n) is 7.37. The molecular formula is C16H26Cl2N2O3. The number of nitrogens with one attached hydrogen (secondary N) is 1. The number of rotatable bonds is 8. The zero-order chi connectivity index (χ0) is 16.7. The predicted molar refractivity (Wildman–Crippen MR) is 96.1 cm³/mol. The van der Waals surface area contributed by atoms with E-state index in [-0.39, 0.29) is 24.2 Å². The van der Waals surface area contributed by atoms with Gasteiger partial charge in [-0.2, -0.15) is 0 Å². The molecule has 0 heterocycles. The molecule has 23 heavy (non-hydrogen) atoms. The molecule has 0 bridgehead atoms. The highest BCUT2D eigenvalue weighted by molar-refractivity contribution is 6.32. The van der Waals surface area contributed by atoms with Crippen LogP contribution in [0, 0.1) is 11.8 Å². The SMILES string of the molecule is COc1cc(C(=O)NCC(C)CN)cc(Cl)c1OCC(C)C.Cl. The van der Waals surface area contributed by atoms with Crippen LogP contribution < -0.4 is 20.5 Å². The van der Waals surface area contributed by atoms with Gasteiger partial charge in [-0.05, 0) is 30.5 Å². The van der Waals surface area contributed by atoms with Crippen molar-refractivity contribution in [3.8, 4) is 11.5 Å². The molecule has 0 fully saturated rings. The van der Waals surface area contributed by atoms with E-state index in [1.54, 1.807) is 12.1 Å². The molecule has 1 amide bonds. The Hall–Kier alpha value is -1.17. The van der Waals surface area contributed by atoms with Crippen LogP contribution in [0.2, 0.25) is 5.02 Å². The van der Waals surface area contributed by atoms with Crippen molar-refractivity contribution in [2.75, 3.05) is 26.8 Å². The van der Waals surface area contributed by atoms with Crippen LogP contribution in [-0.4, -0.2) is 32.7 Å². The molecule has 3 N–H and O–H groups in total. The van der Waals surface area contributed by atoms with Crippen molar-refractivity contribution in [1.82, 2.24) is 5.32 Å². The van der Waals surface area contributed by atoms with Gasteiger partial charge < -0.3 is 20.5 Å². The Kier molecular flexibility index (Phi) is 10.0. The number of hydrogen-bond acceptors (Lipinski definition) is 4. The van der Waals surface area contributed by atoms with Crippen molar-refractivity contribution in [2.24, 2.45) is 17.6 Å². The summed E-state index contributed by atoms with van der Waals surface area (Å²) in [5.74, 6) is 1.28. The van der Waals surface area contributed by atoms with E-state index in [0.717, 1.165) is 0 Å². The average molecular weight is 365 g/mol. The third-order valence-electron chi connectivity index (χ3n) is 3.07. The lowest BCUT2D eigenvalue weighted by molar-refractivity contribution is 0.0948. The highest BCUT2D eigenvalue weighted by Gasteiger charge is 2.16. The number of ether oxygens (including phenoxy) is 2. The molecule has 0 aliphatic carbocycles. The first-order valence-corrected chi connectivity index (χ1v) is 7.75. The van der Waals surface area contributed by atoms with Gasteiger partial charge in [-0.15, -0.1) is 12.4 Å². The number of carbonyl (C=O) groups excluding carboxylic acids is 1. The highest BCUT2D eigenvalue weighted by Crippen LogP contribution is 2.36. The van der Waals surface area contributed by atoms with Gasteiger partial charge in [0.2, 0.25) is 0 Å². The van der Waals surface area contributed by atoms with E-state index in [1.165, 1.54) is 7.11 Å². The minimum atomic E-state index is -0.212. The fourth-order valence-electron chi connectivity index (χ4n) is 1.69. The van der Waals surface area contributed by atoms with E-state index in [1.807, 2.05) is 20.8 Å². The summed E-state index contributed by atoms with van der Waals surface area (Å²) in [6.45, 7) is 7.61. The van der Waals surface area contributed by atoms with Crippen LogP contribution >= 0.6 is 24.0 Å². The Morgan fingerprint density at radius 2 is 2.00 bits per heavy atom. The lowest BCUT2D eigenvalue weighted by Crippen LogP contribution is -2.31. The van der Waals surface area contributed by atoms with Crippen LogP contribution in [0.4, 0.5) is 0 Å². The molecule has 1 aromatic carbocycles. The summed E-state index contributed by atoms with van der Waals surface area (Å²) in [5.41, 5.74) is 5.97. The largest absolute Gasteiger partial charge is 0.493 e. The second-order valence-electron chi connectivity index (χ2n) is 5.75. The van der Waals surface area contributed by atoms with Crippen LogP contribution in [0.5, 0.6) is 11.5 Å². The average Bonchev–Trinajstić information content (AvgIpc) is 2.49. The highest BCUT2D eigenvalue weighted by atomic mass is 35.5. The molecule has 1 rings (SSSR count). The maximum Gasteiger partial charge on any atom is 0.251 e. The summed E-state index contributed by atoms with van der Waals surface area (Å²) in [5, 5.41) is 3.18. The maximum atomic E-state index is 12.2. The van der Waals surface area contributed by atoms with E-state index >= 15 is 0 Å². The summed E-state index contributed by atoms with van der Waals surface area (Å²) >= 11 is 6.23. The number of methoxy groups -OCH3 is 1. The number of carbonyl (C=O) groups is 1. The molecule has 1 atom stereocenters. The van der Waals surface area contributed by atoms with E-state index in [0.29, 0.717) is 47.7 Å². The van der Waals surface area contributed by atoms with Crippen LogP contribution in [0.3, 0.4) is 0 Å². The van der Waals surface area contributed by atoms with Gasteiger partial charge in [-0.1, -0.05) is 32.4 Å². The lowest BCUT2D eigenvalue weighted by atomic mass is 10.1. The van der Waals surface area contributed by atoms with Crippen molar-refractivity contribution in [1.29, 1.82) is 0 Å². The van der Waals surface area contributed by atoms with Gasteiger partial charge in [0, 0.05) is 12.1 Å². The van der Waals surface area contributed by atoms with Gasteiger partial charge in [-0.25, -0.2) is 0 Å². The molecule has 132 valence electrons. The van der Waals surface area contributed by atoms with Crippen molar-refractivity contribution >= 4 is 29.9 Å². The molecule has 5 nitrogen and oxygen atoms in total. The fourth-order valence-corrected chi connectivity index (χ4v) is 1.96. The van der Waals surface area contributed by atoms with E-state index in [2.05, 4.69) is 5.32 Å². The molecule has 0 spiro atoms. The Morgan fingerprint density at radius 3 is 2.52 bits per heavy atom. The third-order valence-corrected chi connectivity index (χ3v) is 3.35. The molecule has 0 aliphatic heterocycles. The molecule has 0 aromatic heterocycles. The molecule has 7 heteroatoms. The number of amides is 1. The molecule has 0 radical (unpaired) electrons. The Bertz CT molecular complexity index is 510. The normalized spacial score (nSPS) is 11.6. The van der Waals surface area contributed by atoms with Crippen molar-refractivity contribution in [3.05, 3.63) is 22.7 Å². The Morgan fingerprint density at radius 1 is 1.35 bits per heavy atom. The Balaban J connectivity index is 0.00000484. The van der Waals surface area contributed by atoms with Crippen LogP contribution in [0.15, 0.2) is 12.1 Å². The van der Waals surface area contributed by atoms with Gasteiger partial charge in [0.1, 0.15) is 0 Å².